The second-order valence-corrected chi connectivity index (χ2v) is 10.7. The zero-order valence-electron chi connectivity index (χ0n) is 30.9. The SMILES string of the molecule is C.C=C(C)C.C=CC.C=CC/C=C(/C(=C)NCc1ccc(F)c(C)c1)N(C)/C(C)=C\C.CC.CNCCC1=CCC(C)=C(C=O)C=C1. The van der Waals surface area contributed by atoms with Crippen LogP contribution in [0.5, 0.6) is 0 Å². The number of allylic oxidation sites excluding steroid dienone is 11. The number of hydrogen-bond acceptors (Lipinski definition) is 4. The summed E-state index contributed by atoms with van der Waals surface area (Å²) in [7, 11) is 3.96. The first-order chi connectivity index (χ1) is 21.8. The van der Waals surface area contributed by atoms with Crippen LogP contribution < -0.4 is 10.6 Å². The molecule has 0 fully saturated rings. The summed E-state index contributed by atoms with van der Waals surface area (Å²) >= 11 is 0. The number of halogens is 1. The van der Waals surface area contributed by atoms with E-state index >= 15 is 0 Å². The van der Waals surface area contributed by atoms with Crippen LogP contribution in [0.3, 0.4) is 0 Å². The molecule has 5 heteroatoms. The first-order valence-corrected chi connectivity index (χ1v) is 16.0. The molecule has 2 N–H and O–H groups in total. The number of rotatable bonds is 12. The third-order valence-corrected chi connectivity index (χ3v) is 6.25. The Hall–Kier alpha value is -3.96. The molecule has 264 valence electrons. The Morgan fingerprint density at radius 2 is 1.64 bits per heavy atom. The fourth-order valence-electron chi connectivity index (χ4n) is 3.56. The van der Waals surface area contributed by atoms with Gasteiger partial charge in [0.2, 0.25) is 0 Å². The lowest BCUT2D eigenvalue weighted by Crippen LogP contribution is -2.23. The first-order valence-electron chi connectivity index (χ1n) is 16.0. The van der Waals surface area contributed by atoms with E-state index in [-0.39, 0.29) is 13.2 Å². The van der Waals surface area contributed by atoms with Gasteiger partial charge in [0.1, 0.15) is 12.1 Å². The fraction of sp³-hybridized carbons (Fsp3) is 0.405. The minimum Gasteiger partial charge on any atom is -0.380 e. The van der Waals surface area contributed by atoms with Gasteiger partial charge >= 0.3 is 0 Å². The van der Waals surface area contributed by atoms with Crippen LogP contribution in [0.15, 0.2) is 126 Å². The van der Waals surface area contributed by atoms with E-state index in [0.29, 0.717) is 12.1 Å². The van der Waals surface area contributed by atoms with Crippen molar-refractivity contribution in [2.24, 2.45) is 0 Å². The Morgan fingerprint density at radius 3 is 2.11 bits per heavy atom. The molecule has 1 aromatic carbocycles. The van der Waals surface area contributed by atoms with Gasteiger partial charge in [-0.25, -0.2) is 4.39 Å². The highest BCUT2D eigenvalue weighted by Crippen LogP contribution is 2.19. The van der Waals surface area contributed by atoms with Crippen molar-refractivity contribution in [3.05, 3.63) is 143 Å². The summed E-state index contributed by atoms with van der Waals surface area (Å²) < 4.78 is 13.3. The molecule has 0 spiro atoms. The highest BCUT2D eigenvalue weighted by atomic mass is 19.1. The van der Waals surface area contributed by atoms with Crippen LogP contribution in [0.1, 0.15) is 93.2 Å². The Morgan fingerprint density at radius 1 is 1.06 bits per heavy atom. The van der Waals surface area contributed by atoms with E-state index < -0.39 is 0 Å². The molecule has 2 rings (SSSR count). The Kier molecular flexibility index (Phi) is 34.0. The summed E-state index contributed by atoms with van der Waals surface area (Å²) in [5, 5.41) is 6.44. The molecule has 0 heterocycles. The predicted octanol–water partition coefficient (Wildman–Crippen LogP) is 11.5. The lowest BCUT2D eigenvalue weighted by Gasteiger charge is -2.26. The van der Waals surface area contributed by atoms with Crippen molar-refractivity contribution in [2.75, 3.05) is 20.6 Å². The van der Waals surface area contributed by atoms with Crippen molar-refractivity contribution in [1.82, 2.24) is 15.5 Å². The van der Waals surface area contributed by atoms with Crippen molar-refractivity contribution in [2.45, 2.75) is 95.5 Å². The second-order valence-electron chi connectivity index (χ2n) is 10.7. The maximum atomic E-state index is 13.3. The molecule has 0 atom stereocenters. The third kappa shape index (κ3) is 24.9. The normalized spacial score (nSPS) is 11.8. The lowest BCUT2D eigenvalue weighted by molar-refractivity contribution is -0.104. The topological polar surface area (TPSA) is 44.4 Å². The minimum absolute atomic E-state index is 0. The maximum absolute atomic E-state index is 13.3. The first kappa shape index (κ1) is 49.9. The van der Waals surface area contributed by atoms with Gasteiger partial charge in [0.05, 0.1) is 11.4 Å². The van der Waals surface area contributed by atoms with Gasteiger partial charge in [-0.05, 0) is 98.5 Å². The molecule has 0 bridgehead atoms. The van der Waals surface area contributed by atoms with Crippen molar-refractivity contribution >= 4 is 6.29 Å². The third-order valence-electron chi connectivity index (χ3n) is 6.25. The smallest absolute Gasteiger partial charge is 0.150 e. The van der Waals surface area contributed by atoms with Gasteiger partial charge in [0.25, 0.3) is 0 Å². The molecule has 0 amide bonds. The zero-order valence-corrected chi connectivity index (χ0v) is 30.9. The minimum atomic E-state index is -0.178. The quantitative estimate of drug-likeness (QED) is 0.134. The Bertz CT molecular complexity index is 1220. The van der Waals surface area contributed by atoms with E-state index in [1.165, 1.54) is 17.2 Å². The molecule has 0 saturated heterocycles. The van der Waals surface area contributed by atoms with Crippen LogP contribution in [-0.2, 0) is 11.3 Å². The molecule has 47 heavy (non-hydrogen) atoms. The standard InChI is InChI=1S/C20H27FN2.C12H17NO.C4H8.C3H6.C2H6.CH4/c1-7-9-10-20(23(6)16(4)8-2)17(5)22-14-18-11-12-19(21)15(3)13-18;1-10-3-4-11(7-8-13-2)5-6-12(10)9-14;1-4(2)3;1-3-2;1-2;/h7-8,10-13,22H,1,5,9,14H2,2-4,6H3;4-6,9,13H,3,7-8H2,1-2H3;1H2,2-3H3;3H,1H2,2H3;1-2H3;1H4/b16-8-,20-10-;;;;;. The molecule has 1 aliphatic rings. The van der Waals surface area contributed by atoms with Crippen LogP contribution in [0.4, 0.5) is 4.39 Å². The number of aldehydes is 1. The van der Waals surface area contributed by atoms with Gasteiger partial charge in [-0.3, -0.25) is 4.79 Å². The lowest BCUT2D eigenvalue weighted by atomic mass is 10.1. The molecule has 0 saturated carbocycles. The number of likely N-dealkylation sites (N-methyl/N-ethyl adjacent to an activating group) is 1. The van der Waals surface area contributed by atoms with Gasteiger partial charge in [0.15, 0.2) is 0 Å². The average Bonchev–Trinajstić information content (AvgIpc) is 3.21. The van der Waals surface area contributed by atoms with Crippen LogP contribution in [0, 0.1) is 12.7 Å². The summed E-state index contributed by atoms with van der Waals surface area (Å²) in [6.07, 6.45) is 17.5. The Balaban J connectivity index is -0.000000327. The van der Waals surface area contributed by atoms with Crippen molar-refractivity contribution in [3.8, 4) is 0 Å². The highest BCUT2D eigenvalue weighted by molar-refractivity contribution is 5.79. The molecule has 0 unspecified atom stereocenters. The van der Waals surface area contributed by atoms with Crippen molar-refractivity contribution in [1.29, 1.82) is 0 Å². The van der Waals surface area contributed by atoms with Gasteiger partial charge < -0.3 is 15.5 Å². The van der Waals surface area contributed by atoms with E-state index in [1.807, 2.05) is 86.9 Å². The molecule has 4 nitrogen and oxygen atoms in total. The number of carbonyl (C=O) groups is 1. The van der Waals surface area contributed by atoms with E-state index in [2.05, 4.69) is 67.0 Å². The van der Waals surface area contributed by atoms with Gasteiger partial charge in [-0.2, -0.15) is 0 Å². The fourth-order valence-corrected chi connectivity index (χ4v) is 3.56. The van der Waals surface area contributed by atoms with Crippen LogP contribution in [0.25, 0.3) is 0 Å². The number of aryl methyl sites for hydroxylation is 1. The van der Waals surface area contributed by atoms with E-state index in [0.717, 1.165) is 65.9 Å². The summed E-state index contributed by atoms with van der Waals surface area (Å²) in [4.78, 5) is 12.8. The molecular weight excluding hydrogens is 581 g/mol. The average molecular weight is 650 g/mol. The van der Waals surface area contributed by atoms with Crippen molar-refractivity contribution < 1.29 is 9.18 Å². The summed E-state index contributed by atoms with van der Waals surface area (Å²) in [5.41, 5.74) is 9.10. The number of nitrogens with one attached hydrogen (secondary N) is 2. The van der Waals surface area contributed by atoms with E-state index in [9.17, 15) is 9.18 Å². The monoisotopic (exact) mass is 650 g/mol. The summed E-state index contributed by atoms with van der Waals surface area (Å²) in [6, 6.07) is 5.14. The maximum Gasteiger partial charge on any atom is 0.150 e. The van der Waals surface area contributed by atoms with Crippen LogP contribution in [0.2, 0.25) is 0 Å². The Labute approximate surface area is 290 Å². The van der Waals surface area contributed by atoms with Crippen LogP contribution >= 0.6 is 0 Å². The van der Waals surface area contributed by atoms with E-state index in [1.54, 1.807) is 19.1 Å². The largest absolute Gasteiger partial charge is 0.380 e. The number of benzene rings is 1. The van der Waals surface area contributed by atoms with E-state index in [4.69, 9.17) is 0 Å². The number of hydrogen-bond donors (Lipinski definition) is 2. The molecule has 1 aliphatic carbocycles. The number of carbonyl (C=O) groups excluding carboxylic acids is 1. The molecular formula is C42H68FN3O. The second kappa shape index (κ2) is 32.0. The molecule has 1 aromatic rings. The molecule has 0 radical (unpaired) electrons. The summed E-state index contributed by atoms with van der Waals surface area (Å²) in [5.74, 6) is -0.178. The number of nitrogens with zero attached hydrogens (tertiary/aromatic N) is 1. The van der Waals surface area contributed by atoms with Crippen LogP contribution in [-0.4, -0.2) is 31.8 Å². The highest BCUT2D eigenvalue weighted by Gasteiger charge is 2.10. The van der Waals surface area contributed by atoms with Gasteiger partial charge in [-0.1, -0.05) is 99.2 Å². The van der Waals surface area contributed by atoms with Crippen molar-refractivity contribution in [3.63, 3.8) is 0 Å². The van der Waals surface area contributed by atoms with Gasteiger partial charge in [0, 0.05) is 24.9 Å². The molecule has 0 aromatic heterocycles. The zero-order chi connectivity index (χ0) is 36.1. The van der Waals surface area contributed by atoms with Gasteiger partial charge in [-0.15, -0.1) is 19.7 Å². The summed E-state index contributed by atoms with van der Waals surface area (Å²) in [6.45, 7) is 34.1. The molecule has 0 aliphatic heterocycles. The predicted molar refractivity (Wildman–Crippen MR) is 211 cm³/mol.